The summed E-state index contributed by atoms with van der Waals surface area (Å²) in [4.78, 5) is 24.0. The van der Waals surface area contributed by atoms with Gasteiger partial charge in [0.15, 0.2) is 5.69 Å². The lowest BCUT2D eigenvalue weighted by Crippen LogP contribution is -3.00. The minimum absolute atomic E-state index is 0. The van der Waals surface area contributed by atoms with Crippen LogP contribution >= 0.6 is 11.3 Å². The molecule has 0 saturated heterocycles. The number of thiazole rings is 1. The number of carbonyl (C=O) groups is 1. The molecule has 0 saturated carbocycles. The number of hydrogen-bond acceptors (Lipinski definition) is 4. The van der Waals surface area contributed by atoms with Gasteiger partial charge >= 0.3 is 0 Å². The Bertz CT molecular complexity index is 715. The number of carbonyl (C=O) groups excluding carboxylic acids is 1. The van der Waals surface area contributed by atoms with Gasteiger partial charge in [0.25, 0.3) is 5.69 Å². The number of ketones is 1. The van der Waals surface area contributed by atoms with E-state index in [1.54, 1.807) is 23.5 Å². The number of aromatic nitrogens is 1. The SMILES string of the molecule is O=C(C[n+]1csc2c1CCCC2)c1cccc([N+](=O)[O-])c1.[Br-]. The molecule has 0 bridgehead atoms. The molecule has 0 spiro atoms. The standard InChI is InChI=1S/C15H15N2O3S.BrH/c18-14(11-4-3-5-12(8-11)17(19)20)9-16-10-21-15-7-2-1-6-13(15)16;/h3-5,8,10H,1-2,6-7,9H2;1H/q+1;/p-1. The lowest BCUT2D eigenvalue weighted by molar-refractivity contribution is -0.686. The van der Waals surface area contributed by atoms with Crippen LogP contribution in [-0.2, 0) is 19.4 Å². The number of Topliss-reactive ketones (excluding diaryl/α,β-unsaturated/α-hetero) is 1. The maximum absolute atomic E-state index is 12.3. The van der Waals surface area contributed by atoms with E-state index in [4.69, 9.17) is 0 Å². The minimum Gasteiger partial charge on any atom is -1.00 e. The highest BCUT2D eigenvalue weighted by atomic mass is 79.9. The predicted octanol–water partition coefficient (Wildman–Crippen LogP) is -0.291. The summed E-state index contributed by atoms with van der Waals surface area (Å²) in [5.41, 5.74) is 3.60. The number of benzene rings is 1. The number of hydrogen-bond donors (Lipinski definition) is 0. The predicted molar refractivity (Wildman–Crippen MR) is 78.6 cm³/mol. The summed E-state index contributed by atoms with van der Waals surface area (Å²) < 4.78 is 2.00. The highest BCUT2D eigenvalue weighted by Gasteiger charge is 2.25. The molecule has 1 aliphatic carbocycles. The van der Waals surface area contributed by atoms with E-state index < -0.39 is 4.92 Å². The number of nitrogens with zero attached hydrogens (tertiary/aromatic N) is 2. The van der Waals surface area contributed by atoms with Crippen LogP contribution in [0.4, 0.5) is 5.69 Å². The molecule has 5 nitrogen and oxygen atoms in total. The third kappa shape index (κ3) is 3.41. The summed E-state index contributed by atoms with van der Waals surface area (Å²) in [6.07, 6.45) is 4.49. The van der Waals surface area contributed by atoms with E-state index in [0.717, 1.165) is 19.3 Å². The second-order valence-electron chi connectivity index (χ2n) is 5.16. The second kappa shape index (κ2) is 7.11. The zero-order valence-corrected chi connectivity index (χ0v) is 14.2. The number of rotatable bonds is 4. The molecule has 0 N–H and O–H groups in total. The topological polar surface area (TPSA) is 64.1 Å². The molecule has 0 fully saturated rings. The van der Waals surface area contributed by atoms with Crippen LogP contribution in [0.2, 0.25) is 0 Å². The first kappa shape index (κ1) is 16.8. The number of nitro benzene ring substituents is 1. The van der Waals surface area contributed by atoms with Crippen molar-refractivity contribution >= 4 is 22.8 Å². The van der Waals surface area contributed by atoms with Gasteiger partial charge < -0.3 is 17.0 Å². The van der Waals surface area contributed by atoms with Crippen molar-refractivity contribution in [3.05, 3.63) is 56.0 Å². The van der Waals surface area contributed by atoms with E-state index in [-0.39, 0.29) is 35.0 Å². The van der Waals surface area contributed by atoms with Crippen LogP contribution in [0.3, 0.4) is 0 Å². The van der Waals surface area contributed by atoms with Crippen LogP contribution in [-0.4, -0.2) is 10.7 Å². The lowest BCUT2D eigenvalue weighted by Gasteiger charge is -2.07. The fourth-order valence-electron chi connectivity index (χ4n) is 2.65. The number of non-ortho nitro benzene ring substituents is 1. The molecular formula is C15H15BrN2O3S. The van der Waals surface area contributed by atoms with Crippen molar-refractivity contribution in [3.8, 4) is 0 Å². The number of aryl methyl sites for hydroxylation is 1. The first-order valence-electron chi connectivity index (χ1n) is 6.91. The molecule has 1 aromatic carbocycles. The normalized spacial score (nSPS) is 13.1. The third-order valence-corrected chi connectivity index (χ3v) is 4.84. The van der Waals surface area contributed by atoms with Gasteiger partial charge in [-0.15, -0.1) is 0 Å². The summed E-state index contributed by atoms with van der Waals surface area (Å²) in [6.45, 7) is 0.257. The van der Waals surface area contributed by atoms with Gasteiger partial charge in [-0.3, -0.25) is 14.9 Å². The highest BCUT2D eigenvalue weighted by molar-refractivity contribution is 7.09. The Kier molecular flexibility index (Phi) is 5.42. The molecule has 0 amide bonds. The van der Waals surface area contributed by atoms with E-state index in [1.165, 1.54) is 29.1 Å². The van der Waals surface area contributed by atoms with Crippen LogP contribution in [0.5, 0.6) is 0 Å². The highest BCUT2D eigenvalue weighted by Crippen LogP contribution is 2.22. The van der Waals surface area contributed by atoms with Crippen molar-refractivity contribution in [2.45, 2.75) is 32.2 Å². The second-order valence-corrected chi connectivity index (χ2v) is 6.10. The van der Waals surface area contributed by atoms with Crippen LogP contribution < -0.4 is 21.5 Å². The smallest absolute Gasteiger partial charge is 0.270 e. The molecular weight excluding hydrogens is 368 g/mol. The zero-order chi connectivity index (χ0) is 14.8. The van der Waals surface area contributed by atoms with Crippen LogP contribution in [0.15, 0.2) is 29.8 Å². The van der Waals surface area contributed by atoms with Gasteiger partial charge in [-0.25, -0.2) is 0 Å². The quantitative estimate of drug-likeness (QED) is 0.316. The molecule has 7 heteroatoms. The van der Waals surface area contributed by atoms with E-state index in [1.807, 2.05) is 10.1 Å². The molecule has 0 radical (unpaired) electrons. The van der Waals surface area contributed by atoms with Crippen molar-refractivity contribution in [2.75, 3.05) is 0 Å². The monoisotopic (exact) mass is 382 g/mol. The Balaban J connectivity index is 0.00000176. The van der Waals surface area contributed by atoms with Crippen molar-refractivity contribution in [1.82, 2.24) is 0 Å². The maximum Gasteiger partial charge on any atom is 0.270 e. The Morgan fingerprint density at radius 1 is 1.32 bits per heavy atom. The van der Waals surface area contributed by atoms with Gasteiger partial charge in [0, 0.05) is 24.1 Å². The Labute approximate surface area is 142 Å². The molecule has 22 heavy (non-hydrogen) atoms. The largest absolute Gasteiger partial charge is 1.00 e. The molecule has 0 aliphatic heterocycles. The first-order valence-corrected chi connectivity index (χ1v) is 7.79. The van der Waals surface area contributed by atoms with E-state index >= 15 is 0 Å². The Morgan fingerprint density at radius 3 is 2.86 bits per heavy atom. The average molecular weight is 383 g/mol. The molecule has 1 aliphatic rings. The van der Waals surface area contributed by atoms with Crippen LogP contribution in [0, 0.1) is 10.1 Å². The van der Waals surface area contributed by atoms with Crippen molar-refractivity contribution in [2.24, 2.45) is 0 Å². The molecule has 0 unspecified atom stereocenters. The van der Waals surface area contributed by atoms with Crippen molar-refractivity contribution in [3.63, 3.8) is 0 Å². The molecule has 1 heterocycles. The zero-order valence-electron chi connectivity index (χ0n) is 11.8. The summed E-state index contributed by atoms with van der Waals surface area (Å²) in [5, 5.41) is 10.8. The molecule has 1 aromatic heterocycles. The fraction of sp³-hybridized carbons (Fsp3) is 0.333. The van der Waals surface area contributed by atoms with Crippen LogP contribution in [0.25, 0.3) is 0 Å². The van der Waals surface area contributed by atoms with Gasteiger partial charge in [-0.05, 0) is 19.3 Å². The van der Waals surface area contributed by atoms with Gasteiger partial charge in [0.1, 0.15) is 0 Å². The first-order chi connectivity index (χ1) is 10.1. The molecule has 2 aromatic rings. The van der Waals surface area contributed by atoms with E-state index in [9.17, 15) is 14.9 Å². The summed E-state index contributed by atoms with van der Waals surface area (Å²) in [6, 6.07) is 5.94. The van der Waals surface area contributed by atoms with Gasteiger partial charge in [-0.1, -0.05) is 23.5 Å². The fourth-order valence-corrected chi connectivity index (χ4v) is 3.73. The van der Waals surface area contributed by atoms with E-state index in [0.29, 0.717) is 5.56 Å². The van der Waals surface area contributed by atoms with Crippen molar-refractivity contribution < 1.29 is 31.3 Å². The summed E-state index contributed by atoms with van der Waals surface area (Å²) in [7, 11) is 0. The van der Waals surface area contributed by atoms with Gasteiger partial charge in [0.05, 0.1) is 9.80 Å². The van der Waals surface area contributed by atoms with Crippen molar-refractivity contribution in [1.29, 1.82) is 0 Å². The number of halogens is 1. The summed E-state index contributed by atoms with van der Waals surface area (Å²) in [5.74, 6) is -0.0881. The molecule has 116 valence electrons. The lowest BCUT2D eigenvalue weighted by atomic mass is 10.0. The number of fused-ring (bicyclic) bond motifs is 1. The van der Waals surface area contributed by atoms with Gasteiger partial charge in [-0.2, -0.15) is 4.57 Å². The third-order valence-electron chi connectivity index (χ3n) is 3.75. The summed E-state index contributed by atoms with van der Waals surface area (Å²) >= 11 is 1.70. The van der Waals surface area contributed by atoms with Gasteiger partial charge in [0.2, 0.25) is 17.8 Å². The Morgan fingerprint density at radius 2 is 2.09 bits per heavy atom. The molecule has 3 rings (SSSR count). The van der Waals surface area contributed by atoms with Crippen LogP contribution in [0.1, 0.15) is 33.8 Å². The Hall–Kier alpha value is -1.60. The average Bonchev–Trinajstić information content (AvgIpc) is 2.91. The maximum atomic E-state index is 12.3. The van der Waals surface area contributed by atoms with E-state index in [2.05, 4.69) is 0 Å². The number of nitro groups is 1. The molecule has 0 atom stereocenters. The minimum atomic E-state index is -0.476.